The zero-order valence-corrected chi connectivity index (χ0v) is 9.02. The average molecular weight is 203 g/mol. The molecule has 1 heterocycles. The second-order valence-electron chi connectivity index (χ2n) is 3.24. The van der Waals surface area contributed by atoms with Crippen LogP contribution in [0.25, 0.3) is 0 Å². The predicted molar refractivity (Wildman–Crippen MR) is 55.0 cm³/mol. The molecule has 0 aliphatic carbocycles. The van der Waals surface area contributed by atoms with Gasteiger partial charge in [0.25, 0.3) is 0 Å². The van der Waals surface area contributed by atoms with Crippen LogP contribution < -0.4 is 5.32 Å². The van der Waals surface area contributed by atoms with Gasteiger partial charge < -0.3 is 10.1 Å². The van der Waals surface area contributed by atoms with Gasteiger partial charge in [0, 0.05) is 18.1 Å². The van der Waals surface area contributed by atoms with Gasteiger partial charge in [0.2, 0.25) is 0 Å². The highest BCUT2D eigenvalue weighted by Gasteiger charge is 2.23. The van der Waals surface area contributed by atoms with Crippen molar-refractivity contribution in [3.8, 4) is 0 Å². The summed E-state index contributed by atoms with van der Waals surface area (Å²) in [5.41, 5.74) is 0. The fourth-order valence-corrected chi connectivity index (χ4v) is 2.00. The summed E-state index contributed by atoms with van der Waals surface area (Å²) < 4.78 is 5.22. The Hall–Kier alpha value is -0.220. The molecule has 0 spiro atoms. The third-order valence-electron chi connectivity index (χ3n) is 2.10. The zero-order chi connectivity index (χ0) is 9.68. The van der Waals surface area contributed by atoms with Crippen LogP contribution in [0.4, 0.5) is 0 Å². The molecule has 1 aliphatic heterocycles. The van der Waals surface area contributed by atoms with E-state index < -0.39 is 0 Å². The fraction of sp³-hybridized carbons (Fsp3) is 0.889. The van der Waals surface area contributed by atoms with Gasteiger partial charge in [-0.05, 0) is 13.3 Å². The molecule has 2 atom stereocenters. The van der Waals surface area contributed by atoms with Crippen molar-refractivity contribution in [1.29, 1.82) is 0 Å². The van der Waals surface area contributed by atoms with E-state index in [-0.39, 0.29) is 18.1 Å². The van der Waals surface area contributed by atoms with Gasteiger partial charge in [-0.3, -0.25) is 4.79 Å². The maximum Gasteiger partial charge on any atom is 0.324 e. The van der Waals surface area contributed by atoms with Crippen LogP contribution in [0.15, 0.2) is 0 Å². The van der Waals surface area contributed by atoms with Crippen molar-refractivity contribution >= 4 is 17.7 Å². The summed E-state index contributed by atoms with van der Waals surface area (Å²) in [5, 5.41) is 3.15. The third-order valence-corrected chi connectivity index (χ3v) is 3.16. The van der Waals surface area contributed by atoms with E-state index in [1.807, 2.05) is 13.8 Å². The first-order valence-electron chi connectivity index (χ1n) is 4.75. The molecule has 1 N–H and O–H groups in total. The highest BCUT2D eigenvalue weighted by Crippen LogP contribution is 2.10. The molecule has 1 rings (SSSR count). The normalized spacial score (nSPS) is 25.2. The predicted octanol–water partition coefficient (Wildman–Crippen LogP) is 1.03. The van der Waals surface area contributed by atoms with Crippen LogP contribution in [-0.4, -0.2) is 36.2 Å². The van der Waals surface area contributed by atoms with E-state index in [0.717, 1.165) is 24.5 Å². The lowest BCUT2D eigenvalue weighted by molar-refractivity contribution is -0.150. The standard InChI is InChI=1S/C9H17NO2S/c1-3-7(2)12-9(11)8-6-13-5-4-10-8/h7-8,10H,3-6H2,1-2H3. The summed E-state index contributed by atoms with van der Waals surface area (Å²) in [6, 6.07) is -0.0900. The Morgan fingerprint density at radius 1 is 1.77 bits per heavy atom. The van der Waals surface area contributed by atoms with E-state index in [1.54, 1.807) is 11.8 Å². The minimum atomic E-state index is -0.0958. The molecule has 1 aliphatic rings. The largest absolute Gasteiger partial charge is 0.461 e. The Kier molecular flexibility index (Phi) is 4.59. The lowest BCUT2D eigenvalue weighted by Gasteiger charge is -2.23. The minimum absolute atomic E-state index is 0.0428. The van der Waals surface area contributed by atoms with Gasteiger partial charge in [-0.15, -0.1) is 0 Å². The molecular weight excluding hydrogens is 186 g/mol. The summed E-state index contributed by atoms with van der Waals surface area (Å²) in [5.74, 6) is 1.84. The molecule has 0 bridgehead atoms. The molecule has 0 amide bonds. The number of hydrogen-bond donors (Lipinski definition) is 1. The van der Waals surface area contributed by atoms with Crippen molar-refractivity contribution in [3.05, 3.63) is 0 Å². The highest BCUT2D eigenvalue weighted by atomic mass is 32.2. The first-order chi connectivity index (χ1) is 6.24. The van der Waals surface area contributed by atoms with Crippen molar-refractivity contribution < 1.29 is 9.53 Å². The Labute approximate surface area is 83.6 Å². The van der Waals surface area contributed by atoms with Crippen molar-refractivity contribution in [3.63, 3.8) is 0 Å². The maximum absolute atomic E-state index is 11.5. The zero-order valence-electron chi connectivity index (χ0n) is 8.21. The Bertz CT molecular complexity index is 169. The number of hydrogen-bond acceptors (Lipinski definition) is 4. The first-order valence-corrected chi connectivity index (χ1v) is 5.91. The smallest absolute Gasteiger partial charge is 0.324 e. The number of carbonyl (C=O) groups excluding carboxylic acids is 1. The van der Waals surface area contributed by atoms with Crippen molar-refractivity contribution in [1.82, 2.24) is 5.32 Å². The Morgan fingerprint density at radius 3 is 3.08 bits per heavy atom. The van der Waals surface area contributed by atoms with E-state index in [0.29, 0.717) is 0 Å². The van der Waals surface area contributed by atoms with Gasteiger partial charge in [0.05, 0.1) is 6.10 Å². The number of carbonyl (C=O) groups is 1. The molecule has 0 aromatic rings. The van der Waals surface area contributed by atoms with E-state index in [4.69, 9.17) is 4.74 Å². The Balaban J connectivity index is 2.29. The summed E-state index contributed by atoms with van der Waals surface area (Å²) in [7, 11) is 0. The van der Waals surface area contributed by atoms with Gasteiger partial charge >= 0.3 is 5.97 Å². The van der Waals surface area contributed by atoms with Crippen molar-refractivity contribution in [2.75, 3.05) is 18.1 Å². The topological polar surface area (TPSA) is 38.3 Å². The molecule has 0 radical (unpaired) electrons. The summed E-state index contributed by atoms with van der Waals surface area (Å²) >= 11 is 1.80. The molecule has 1 fully saturated rings. The lowest BCUT2D eigenvalue weighted by Crippen LogP contribution is -2.45. The lowest BCUT2D eigenvalue weighted by atomic mass is 10.3. The second kappa shape index (κ2) is 5.50. The van der Waals surface area contributed by atoms with E-state index >= 15 is 0 Å². The van der Waals surface area contributed by atoms with Crippen molar-refractivity contribution in [2.24, 2.45) is 0 Å². The van der Waals surface area contributed by atoms with E-state index in [2.05, 4.69) is 5.32 Å². The average Bonchev–Trinajstić information content (AvgIpc) is 2.19. The van der Waals surface area contributed by atoms with Crippen LogP contribution in [-0.2, 0) is 9.53 Å². The van der Waals surface area contributed by atoms with Crippen LogP contribution in [0, 0.1) is 0 Å². The SMILES string of the molecule is CCC(C)OC(=O)C1CSCCN1. The second-order valence-corrected chi connectivity index (χ2v) is 4.39. The monoisotopic (exact) mass is 203 g/mol. The number of esters is 1. The number of thioether (sulfide) groups is 1. The van der Waals surface area contributed by atoms with Crippen LogP contribution in [0.5, 0.6) is 0 Å². The third kappa shape index (κ3) is 3.56. The van der Waals surface area contributed by atoms with E-state index in [9.17, 15) is 4.79 Å². The molecule has 0 aromatic carbocycles. The molecule has 2 unspecified atom stereocenters. The van der Waals surface area contributed by atoms with Crippen LogP contribution >= 0.6 is 11.8 Å². The molecule has 0 saturated carbocycles. The van der Waals surface area contributed by atoms with Gasteiger partial charge in [-0.1, -0.05) is 6.92 Å². The summed E-state index contributed by atoms with van der Waals surface area (Å²) in [6.45, 7) is 4.85. The van der Waals surface area contributed by atoms with Gasteiger partial charge in [0.15, 0.2) is 0 Å². The van der Waals surface area contributed by atoms with Gasteiger partial charge in [-0.2, -0.15) is 11.8 Å². The van der Waals surface area contributed by atoms with Gasteiger partial charge in [-0.25, -0.2) is 0 Å². The van der Waals surface area contributed by atoms with Crippen LogP contribution in [0.3, 0.4) is 0 Å². The number of nitrogens with one attached hydrogen (secondary N) is 1. The number of ether oxygens (including phenoxy) is 1. The molecule has 0 aromatic heterocycles. The van der Waals surface area contributed by atoms with Gasteiger partial charge in [0.1, 0.15) is 6.04 Å². The quantitative estimate of drug-likeness (QED) is 0.695. The molecular formula is C9H17NO2S. The van der Waals surface area contributed by atoms with Crippen LogP contribution in [0.2, 0.25) is 0 Å². The Morgan fingerprint density at radius 2 is 2.54 bits per heavy atom. The van der Waals surface area contributed by atoms with Crippen LogP contribution in [0.1, 0.15) is 20.3 Å². The molecule has 3 nitrogen and oxygen atoms in total. The maximum atomic E-state index is 11.5. The highest BCUT2D eigenvalue weighted by molar-refractivity contribution is 7.99. The summed E-state index contributed by atoms with van der Waals surface area (Å²) in [4.78, 5) is 11.5. The minimum Gasteiger partial charge on any atom is -0.461 e. The first kappa shape index (κ1) is 10.9. The summed E-state index contributed by atoms with van der Waals surface area (Å²) in [6.07, 6.45) is 0.923. The van der Waals surface area contributed by atoms with Crippen molar-refractivity contribution in [2.45, 2.75) is 32.4 Å². The molecule has 4 heteroatoms. The molecule has 1 saturated heterocycles. The molecule has 13 heavy (non-hydrogen) atoms. The van der Waals surface area contributed by atoms with E-state index in [1.165, 1.54) is 0 Å². The molecule has 76 valence electrons. The fourth-order valence-electron chi connectivity index (χ4n) is 1.08. The number of rotatable bonds is 3.